The Labute approximate surface area is 113 Å². The minimum atomic E-state index is -3.23. The highest BCUT2D eigenvalue weighted by atomic mass is 32.2. The zero-order valence-electron chi connectivity index (χ0n) is 11.5. The van der Waals surface area contributed by atoms with E-state index in [1.165, 1.54) is 17.6 Å². The highest BCUT2D eigenvalue weighted by molar-refractivity contribution is 7.92. The number of carbonyl (C=O) groups is 1. The van der Waals surface area contributed by atoms with Gasteiger partial charge in [0.2, 0.25) is 10.0 Å². The van der Waals surface area contributed by atoms with Gasteiger partial charge in [0, 0.05) is 20.5 Å². The lowest BCUT2D eigenvalue weighted by molar-refractivity contribution is -0.134. The van der Waals surface area contributed by atoms with Crippen molar-refractivity contribution in [2.24, 2.45) is 5.73 Å². The van der Waals surface area contributed by atoms with Gasteiger partial charge in [-0.25, -0.2) is 8.42 Å². The summed E-state index contributed by atoms with van der Waals surface area (Å²) < 4.78 is 24.0. The fraction of sp³-hybridized carbons (Fsp3) is 0.417. The molecule has 1 rings (SSSR count). The Balaban J connectivity index is 0.000000711. The summed E-state index contributed by atoms with van der Waals surface area (Å²) in [5.74, 6) is -0.833. The molecule has 0 fully saturated rings. The summed E-state index contributed by atoms with van der Waals surface area (Å²) in [6.45, 7) is 3.33. The van der Waals surface area contributed by atoms with Gasteiger partial charge in [0.1, 0.15) is 0 Å². The molecule has 0 heterocycles. The summed E-state index contributed by atoms with van der Waals surface area (Å²) in [6.07, 6.45) is 1.18. The molecular weight excluding hydrogens is 268 g/mol. The van der Waals surface area contributed by atoms with Crippen molar-refractivity contribution in [2.75, 3.05) is 17.6 Å². The molecule has 0 saturated carbocycles. The number of carboxylic acids is 1. The van der Waals surface area contributed by atoms with E-state index in [4.69, 9.17) is 15.6 Å². The summed E-state index contributed by atoms with van der Waals surface area (Å²) >= 11 is 0. The van der Waals surface area contributed by atoms with Crippen LogP contribution in [0.25, 0.3) is 0 Å². The molecular formula is C12H20N2O4S. The Hall–Kier alpha value is -1.60. The summed E-state index contributed by atoms with van der Waals surface area (Å²) in [7, 11) is -1.70. The zero-order chi connectivity index (χ0) is 15.2. The number of anilines is 1. The van der Waals surface area contributed by atoms with E-state index < -0.39 is 16.0 Å². The Morgan fingerprint density at radius 1 is 1.42 bits per heavy atom. The number of benzene rings is 1. The third-order valence-corrected chi connectivity index (χ3v) is 3.49. The first-order chi connectivity index (χ1) is 8.59. The van der Waals surface area contributed by atoms with Gasteiger partial charge in [0.25, 0.3) is 5.97 Å². The number of hydrogen-bond donors (Lipinski definition) is 2. The van der Waals surface area contributed by atoms with E-state index >= 15 is 0 Å². The standard InChI is InChI=1S/C10H16N2O2S.C2H4O2/c1-8-4-5-9(7-11)10(6-8)12(2)15(3,13)14;1-2(3)4/h4-6H,7,11H2,1-3H3;1H3,(H,3,4). The number of hydrogen-bond acceptors (Lipinski definition) is 4. The Morgan fingerprint density at radius 3 is 2.26 bits per heavy atom. The lowest BCUT2D eigenvalue weighted by atomic mass is 10.1. The molecule has 0 radical (unpaired) electrons. The second-order valence-corrected chi connectivity index (χ2v) is 6.10. The van der Waals surface area contributed by atoms with Crippen molar-refractivity contribution < 1.29 is 18.3 Å². The number of carboxylic acid groups (broad SMARTS) is 1. The molecule has 0 bridgehead atoms. The molecule has 0 aliphatic rings. The van der Waals surface area contributed by atoms with Crippen LogP contribution >= 0.6 is 0 Å². The van der Waals surface area contributed by atoms with Gasteiger partial charge in [0.05, 0.1) is 11.9 Å². The van der Waals surface area contributed by atoms with Gasteiger partial charge in [-0.3, -0.25) is 9.10 Å². The van der Waals surface area contributed by atoms with Gasteiger partial charge >= 0.3 is 0 Å². The molecule has 0 aliphatic carbocycles. The number of rotatable bonds is 3. The van der Waals surface area contributed by atoms with Crippen molar-refractivity contribution in [1.29, 1.82) is 0 Å². The van der Waals surface area contributed by atoms with Gasteiger partial charge < -0.3 is 10.8 Å². The van der Waals surface area contributed by atoms with E-state index in [0.717, 1.165) is 18.1 Å². The maximum atomic E-state index is 11.4. The normalized spacial score (nSPS) is 10.4. The zero-order valence-corrected chi connectivity index (χ0v) is 12.4. The Kier molecular flexibility index (Phi) is 6.51. The monoisotopic (exact) mass is 288 g/mol. The molecule has 3 N–H and O–H groups in total. The molecule has 0 unspecified atom stereocenters. The van der Waals surface area contributed by atoms with E-state index in [1.54, 1.807) is 0 Å². The number of aryl methyl sites for hydroxylation is 1. The van der Waals surface area contributed by atoms with Crippen LogP contribution in [0.5, 0.6) is 0 Å². The molecule has 19 heavy (non-hydrogen) atoms. The highest BCUT2D eigenvalue weighted by Gasteiger charge is 2.14. The molecule has 0 saturated heterocycles. The minimum absolute atomic E-state index is 0.329. The van der Waals surface area contributed by atoms with Crippen molar-refractivity contribution in [3.8, 4) is 0 Å². The first-order valence-corrected chi connectivity index (χ1v) is 7.37. The molecule has 0 aromatic heterocycles. The van der Waals surface area contributed by atoms with Crippen LogP contribution < -0.4 is 10.0 Å². The first-order valence-electron chi connectivity index (χ1n) is 5.52. The molecule has 0 spiro atoms. The third kappa shape index (κ3) is 6.21. The van der Waals surface area contributed by atoms with Gasteiger partial charge in [-0.05, 0) is 24.1 Å². The molecule has 108 valence electrons. The number of nitrogens with two attached hydrogens (primary N) is 1. The summed E-state index contributed by atoms with van der Waals surface area (Å²) in [5, 5.41) is 7.42. The average Bonchev–Trinajstić information content (AvgIpc) is 2.26. The third-order valence-electron chi connectivity index (χ3n) is 2.30. The van der Waals surface area contributed by atoms with Crippen molar-refractivity contribution in [2.45, 2.75) is 20.4 Å². The SMILES string of the molecule is CC(=O)O.Cc1ccc(CN)c(N(C)S(C)(=O)=O)c1. The van der Waals surface area contributed by atoms with Gasteiger partial charge in [0.15, 0.2) is 0 Å². The Morgan fingerprint density at radius 2 is 1.89 bits per heavy atom. The van der Waals surface area contributed by atoms with Crippen LogP contribution in [0.15, 0.2) is 18.2 Å². The van der Waals surface area contributed by atoms with Crippen LogP contribution in [-0.2, 0) is 21.4 Å². The van der Waals surface area contributed by atoms with Crippen LogP contribution in [0.2, 0.25) is 0 Å². The molecule has 0 aliphatic heterocycles. The van der Waals surface area contributed by atoms with Crippen LogP contribution in [0, 0.1) is 6.92 Å². The van der Waals surface area contributed by atoms with Crippen LogP contribution in [0.4, 0.5) is 5.69 Å². The number of sulfonamides is 1. The van der Waals surface area contributed by atoms with Crippen LogP contribution in [-0.4, -0.2) is 32.8 Å². The second-order valence-electron chi connectivity index (χ2n) is 4.09. The van der Waals surface area contributed by atoms with Crippen molar-refractivity contribution in [3.63, 3.8) is 0 Å². The number of nitrogens with zero attached hydrogens (tertiary/aromatic N) is 1. The molecule has 1 aromatic carbocycles. The van der Waals surface area contributed by atoms with Gasteiger partial charge in [-0.15, -0.1) is 0 Å². The fourth-order valence-electron chi connectivity index (χ4n) is 1.32. The van der Waals surface area contributed by atoms with Crippen molar-refractivity contribution in [3.05, 3.63) is 29.3 Å². The van der Waals surface area contributed by atoms with Crippen molar-refractivity contribution in [1.82, 2.24) is 0 Å². The molecule has 6 nitrogen and oxygen atoms in total. The largest absolute Gasteiger partial charge is 0.481 e. The van der Waals surface area contributed by atoms with Crippen LogP contribution in [0.3, 0.4) is 0 Å². The average molecular weight is 288 g/mol. The lowest BCUT2D eigenvalue weighted by Gasteiger charge is -2.20. The lowest BCUT2D eigenvalue weighted by Crippen LogP contribution is -2.26. The van der Waals surface area contributed by atoms with E-state index in [2.05, 4.69) is 0 Å². The first kappa shape index (κ1) is 17.4. The Bertz CT molecular complexity index is 537. The fourth-order valence-corrected chi connectivity index (χ4v) is 1.85. The molecule has 0 atom stereocenters. The maximum absolute atomic E-state index is 11.4. The van der Waals surface area contributed by atoms with Gasteiger partial charge in [-0.1, -0.05) is 12.1 Å². The molecule has 1 aromatic rings. The molecule has 7 heteroatoms. The summed E-state index contributed by atoms with van der Waals surface area (Å²) in [6, 6.07) is 5.59. The molecule has 0 amide bonds. The minimum Gasteiger partial charge on any atom is -0.481 e. The predicted molar refractivity (Wildman–Crippen MR) is 75.6 cm³/mol. The smallest absolute Gasteiger partial charge is 0.300 e. The van der Waals surface area contributed by atoms with Gasteiger partial charge in [-0.2, -0.15) is 0 Å². The van der Waals surface area contributed by atoms with E-state index in [0.29, 0.717) is 12.2 Å². The van der Waals surface area contributed by atoms with E-state index in [9.17, 15) is 8.42 Å². The predicted octanol–water partition coefficient (Wildman–Crippen LogP) is 0.940. The highest BCUT2D eigenvalue weighted by Crippen LogP contribution is 2.22. The summed E-state index contributed by atoms with van der Waals surface area (Å²) in [4.78, 5) is 9.00. The van der Waals surface area contributed by atoms with E-state index in [1.807, 2.05) is 25.1 Å². The maximum Gasteiger partial charge on any atom is 0.300 e. The quantitative estimate of drug-likeness (QED) is 0.862. The van der Waals surface area contributed by atoms with Crippen molar-refractivity contribution >= 4 is 21.7 Å². The summed E-state index contributed by atoms with van der Waals surface area (Å²) in [5.41, 5.74) is 8.05. The second kappa shape index (κ2) is 7.10. The van der Waals surface area contributed by atoms with Crippen LogP contribution in [0.1, 0.15) is 18.1 Å². The topological polar surface area (TPSA) is 101 Å². The number of aliphatic carboxylic acids is 1. The van der Waals surface area contributed by atoms with E-state index in [-0.39, 0.29) is 0 Å².